The molecule has 6 heteroatoms. The van der Waals surface area contributed by atoms with Crippen LogP contribution in [0.2, 0.25) is 5.02 Å². The summed E-state index contributed by atoms with van der Waals surface area (Å²) in [6.45, 7) is 0. The van der Waals surface area contributed by atoms with Crippen LogP contribution in [0.3, 0.4) is 0 Å². The highest BCUT2D eigenvalue weighted by Crippen LogP contribution is 2.34. The Morgan fingerprint density at radius 2 is 2.00 bits per heavy atom. The number of fused-ring (bicyclic) bond motifs is 1. The highest BCUT2D eigenvalue weighted by molar-refractivity contribution is 9.10. The summed E-state index contributed by atoms with van der Waals surface area (Å²) in [5.41, 5.74) is 1.11. The topological polar surface area (TPSA) is 48.4 Å². The van der Waals surface area contributed by atoms with Gasteiger partial charge in [-0.25, -0.2) is 0 Å². The minimum atomic E-state index is 0.437. The van der Waals surface area contributed by atoms with Crippen LogP contribution in [-0.2, 0) is 0 Å². The van der Waals surface area contributed by atoms with E-state index < -0.39 is 0 Å². The van der Waals surface area contributed by atoms with Crippen molar-refractivity contribution in [3.8, 4) is 17.2 Å². The molecular formula is C17H11BrClNO3. The third kappa shape index (κ3) is 3.16. The lowest BCUT2D eigenvalue weighted by molar-refractivity contribution is 0.112. The van der Waals surface area contributed by atoms with Crippen LogP contribution in [0.1, 0.15) is 10.4 Å². The summed E-state index contributed by atoms with van der Waals surface area (Å²) in [4.78, 5) is 15.5. The molecule has 0 aliphatic carbocycles. The van der Waals surface area contributed by atoms with E-state index >= 15 is 0 Å². The molecule has 3 aromatic rings. The average Bonchev–Trinajstić information content (AvgIpc) is 2.57. The zero-order valence-corrected chi connectivity index (χ0v) is 14.4. The van der Waals surface area contributed by atoms with Crippen LogP contribution in [-0.4, -0.2) is 18.4 Å². The molecule has 3 rings (SSSR count). The number of ether oxygens (including phenoxy) is 2. The number of hydrogen-bond donors (Lipinski definition) is 0. The Bertz CT molecular complexity index is 898. The van der Waals surface area contributed by atoms with E-state index in [1.54, 1.807) is 42.6 Å². The lowest BCUT2D eigenvalue weighted by Gasteiger charge is -2.11. The Balaban J connectivity index is 2.09. The summed E-state index contributed by atoms with van der Waals surface area (Å²) in [6, 6.07) is 10.5. The number of aromatic nitrogens is 1. The first-order valence-electron chi connectivity index (χ1n) is 6.67. The largest absolute Gasteiger partial charge is 0.496 e. The van der Waals surface area contributed by atoms with E-state index in [-0.39, 0.29) is 0 Å². The number of methoxy groups -OCH3 is 1. The normalized spacial score (nSPS) is 10.6. The van der Waals surface area contributed by atoms with Crippen LogP contribution in [0, 0.1) is 0 Å². The van der Waals surface area contributed by atoms with E-state index in [4.69, 9.17) is 21.1 Å². The summed E-state index contributed by atoms with van der Waals surface area (Å²) >= 11 is 9.42. The number of carbonyl (C=O) groups excluding carboxylic acids is 1. The number of carbonyl (C=O) groups is 1. The molecule has 0 saturated carbocycles. The van der Waals surface area contributed by atoms with Gasteiger partial charge in [-0.15, -0.1) is 0 Å². The molecule has 1 heterocycles. The third-order valence-electron chi connectivity index (χ3n) is 3.30. The van der Waals surface area contributed by atoms with Gasteiger partial charge in [0, 0.05) is 28.2 Å². The molecular weight excluding hydrogens is 382 g/mol. The molecule has 0 atom stereocenters. The zero-order valence-electron chi connectivity index (χ0n) is 12.0. The maximum absolute atomic E-state index is 11.2. The number of aldehydes is 1. The second-order valence-corrected chi connectivity index (χ2v) is 5.98. The summed E-state index contributed by atoms with van der Waals surface area (Å²) in [7, 11) is 1.51. The summed E-state index contributed by atoms with van der Waals surface area (Å²) in [6.07, 6.45) is 2.38. The second kappa shape index (κ2) is 6.56. The van der Waals surface area contributed by atoms with Gasteiger partial charge in [-0.1, -0.05) is 11.6 Å². The van der Waals surface area contributed by atoms with Crippen LogP contribution >= 0.6 is 27.5 Å². The quantitative estimate of drug-likeness (QED) is 0.568. The van der Waals surface area contributed by atoms with Crippen molar-refractivity contribution in [2.24, 2.45) is 0 Å². The molecule has 0 N–H and O–H groups in total. The van der Waals surface area contributed by atoms with Crippen molar-refractivity contribution in [3.63, 3.8) is 0 Å². The molecule has 0 unspecified atom stereocenters. The summed E-state index contributed by atoms with van der Waals surface area (Å²) in [5, 5.41) is 1.27. The number of hydrogen-bond acceptors (Lipinski definition) is 4. The van der Waals surface area contributed by atoms with Crippen LogP contribution in [0.15, 0.2) is 47.1 Å². The predicted octanol–water partition coefficient (Wildman–Crippen LogP) is 5.26. The SMILES string of the molecule is COc1cc2nccc(Oc3ccc(Br)c(Cl)c3)c2cc1C=O. The lowest BCUT2D eigenvalue weighted by atomic mass is 10.1. The fourth-order valence-electron chi connectivity index (χ4n) is 2.19. The number of rotatable bonds is 4. The molecule has 4 nitrogen and oxygen atoms in total. The number of halogens is 2. The van der Waals surface area contributed by atoms with Gasteiger partial charge in [-0.2, -0.15) is 0 Å². The Morgan fingerprint density at radius 1 is 1.17 bits per heavy atom. The Kier molecular flexibility index (Phi) is 4.50. The lowest BCUT2D eigenvalue weighted by Crippen LogP contribution is -1.94. The van der Waals surface area contributed by atoms with Gasteiger partial charge < -0.3 is 9.47 Å². The van der Waals surface area contributed by atoms with E-state index in [1.807, 2.05) is 0 Å². The first-order valence-corrected chi connectivity index (χ1v) is 7.84. The van der Waals surface area contributed by atoms with Gasteiger partial charge in [-0.3, -0.25) is 9.78 Å². The molecule has 23 heavy (non-hydrogen) atoms. The molecule has 0 amide bonds. The standard InChI is InChI=1S/C17H11BrClNO3/c1-22-17-8-15-12(6-10(17)9-21)16(4-5-20-15)23-11-2-3-13(18)14(19)7-11/h2-9H,1H3. The van der Waals surface area contributed by atoms with E-state index in [1.165, 1.54) is 7.11 Å². The molecule has 0 aliphatic heterocycles. The van der Waals surface area contributed by atoms with Crippen molar-refractivity contribution >= 4 is 44.7 Å². The Labute approximate surface area is 146 Å². The van der Waals surface area contributed by atoms with E-state index in [2.05, 4.69) is 20.9 Å². The van der Waals surface area contributed by atoms with Crippen LogP contribution in [0.4, 0.5) is 0 Å². The molecule has 116 valence electrons. The Morgan fingerprint density at radius 3 is 2.70 bits per heavy atom. The first-order chi connectivity index (χ1) is 11.1. The molecule has 1 aromatic heterocycles. The second-order valence-electron chi connectivity index (χ2n) is 4.72. The molecule has 0 saturated heterocycles. The van der Waals surface area contributed by atoms with E-state index in [0.717, 1.165) is 16.1 Å². The fraction of sp³-hybridized carbons (Fsp3) is 0.0588. The van der Waals surface area contributed by atoms with Gasteiger partial charge in [0.25, 0.3) is 0 Å². The van der Waals surface area contributed by atoms with Crippen molar-refractivity contribution in [1.82, 2.24) is 4.98 Å². The summed E-state index contributed by atoms with van der Waals surface area (Å²) < 4.78 is 11.9. The number of nitrogens with zero attached hydrogens (tertiary/aromatic N) is 1. The van der Waals surface area contributed by atoms with Gasteiger partial charge in [0.05, 0.1) is 23.2 Å². The van der Waals surface area contributed by atoms with Crippen LogP contribution in [0.25, 0.3) is 10.9 Å². The zero-order chi connectivity index (χ0) is 16.4. The minimum absolute atomic E-state index is 0.437. The average molecular weight is 393 g/mol. The van der Waals surface area contributed by atoms with Crippen molar-refractivity contribution in [2.45, 2.75) is 0 Å². The smallest absolute Gasteiger partial charge is 0.153 e. The van der Waals surface area contributed by atoms with Crippen LogP contribution < -0.4 is 9.47 Å². The molecule has 0 bridgehead atoms. The van der Waals surface area contributed by atoms with Gasteiger partial charge in [-0.05, 0) is 40.2 Å². The summed E-state index contributed by atoms with van der Waals surface area (Å²) in [5.74, 6) is 1.65. The van der Waals surface area contributed by atoms with Crippen molar-refractivity contribution in [2.75, 3.05) is 7.11 Å². The van der Waals surface area contributed by atoms with E-state index in [0.29, 0.717) is 33.4 Å². The maximum Gasteiger partial charge on any atom is 0.153 e. The van der Waals surface area contributed by atoms with Gasteiger partial charge in [0.2, 0.25) is 0 Å². The third-order valence-corrected chi connectivity index (χ3v) is 4.53. The van der Waals surface area contributed by atoms with Gasteiger partial charge >= 0.3 is 0 Å². The molecule has 0 aliphatic rings. The van der Waals surface area contributed by atoms with E-state index in [9.17, 15) is 4.79 Å². The van der Waals surface area contributed by atoms with Crippen molar-refractivity contribution < 1.29 is 14.3 Å². The molecule has 0 fully saturated rings. The van der Waals surface area contributed by atoms with Gasteiger partial charge in [0.15, 0.2) is 6.29 Å². The highest BCUT2D eigenvalue weighted by atomic mass is 79.9. The monoisotopic (exact) mass is 391 g/mol. The number of benzene rings is 2. The molecule has 2 aromatic carbocycles. The minimum Gasteiger partial charge on any atom is -0.496 e. The maximum atomic E-state index is 11.2. The van der Waals surface area contributed by atoms with Gasteiger partial charge in [0.1, 0.15) is 17.2 Å². The first kappa shape index (κ1) is 15.8. The number of pyridine rings is 1. The fourth-order valence-corrected chi connectivity index (χ4v) is 2.61. The molecule has 0 radical (unpaired) electrons. The van der Waals surface area contributed by atoms with Crippen LogP contribution in [0.5, 0.6) is 17.2 Å². The van der Waals surface area contributed by atoms with Crippen molar-refractivity contribution in [3.05, 3.63) is 57.7 Å². The highest BCUT2D eigenvalue weighted by Gasteiger charge is 2.11. The Hall–Kier alpha value is -2.11. The predicted molar refractivity (Wildman–Crippen MR) is 92.9 cm³/mol. The molecule has 0 spiro atoms. The van der Waals surface area contributed by atoms with Crippen molar-refractivity contribution in [1.29, 1.82) is 0 Å².